The summed E-state index contributed by atoms with van der Waals surface area (Å²) in [5.41, 5.74) is 1.55. The van der Waals surface area contributed by atoms with Crippen LogP contribution in [0.15, 0.2) is 84.4 Å². The lowest BCUT2D eigenvalue weighted by Crippen LogP contribution is -2.29. The summed E-state index contributed by atoms with van der Waals surface area (Å²) in [6, 6.07) is 21.0. The smallest absolute Gasteiger partial charge is 0.337 e. The summed E-state index contributed by atoms with van der Waals surface area (Å²) in [5, 5.41) is 11.2. The van der Waals surface area contributed by atoms with Gasteiger partial charge in [-0.05, 0) is 61.9 Å². The zero-order chi connectivity index (χ0) is 25.1. The highest BCUT2D eigenvalue weighted by Gasteiger charge is 2.47. The molecule has 0 aliphatic carbocycles. The van der Waals surface area contributed by atoms with E-state index in [1.165, 1.54) is 18.1 Å². The summed E-state index contributed by atoms with van der Waals surface area (Å²) < 4.78 is 10.4. The average Bonchev–Trinajstić information content (AvgIpc) is 3.14. The van der Waals surface area contributed by atoms with E-state index in [1.54, 1.807) is 66.7 Å². The number of ether oxygens (including phenoxy) is 2. The van der Waals surface area contributed by atoms with E-state index in [4.69, 9.17) is 9.47 Å². The molecule has 7 heteroatoms. The molecule has 35 heavy (non-hydrogen) atoms. The minimum absolute atomic E-state index is 0.0152. The SMILES string of the molecule is COC(=O)c1cccc(N2C(=O)C(=O)/C(=C(/O)c3ccc(OC(C)C)cc3)C2c2ccccc2)c1. The Morgan fingerprint density at radius 2 is 1.60 bits per heavy atom. The second-order valence-corrected chi connectivity index (χ2v) is 8.31. The standard InChI is InChI=1S/C28H25NO6/c1-17(2)35-22-14-12-19(13-15-22)25(30)23-24(18-8-5-4-6-9-18)29(27(32)26(23)31)21-11-7-10-20(16-21)28(33)34-3/h4-17,24,30H,1-3H3/b25-23+. The highest BCUT2D eigenvalue weighted by Crippen LogP contribution is 2.42. The first-order valence-corrected chi connectivity index (χ1v) is 11.1. The summed E-state index contributed by atoms with van der Waals surface area (Å²) in [6.07, 6.45) is -0.0152. The number of aliphatic hydroxyl groups is 1. The van der Waals surface area contributed by atoms with Crippen molar-refractivity contribution in [1.29, 1.82) is 0 Å². The van der Waals surface area contributed by atoms with E-state index in [2.05, 4.69) is 0 Å². The molecule has 178 valence electrons. The second-order valence-electron chi connectivity index (χ2n) is 8.31. The van der Waals surface area contributed by atoms with E-state index >= 15 is 0 Å². The van der Waals surface area contributed by atoms with Crippen LogP contribution in [0.2, 0.25) is 0 Å². The van der Waals surface area contributed by atoms with Gasteiger partial charge in [0.25, 0.3) is 11.7 Å². The van der Waals surface area contributed by atoms with Crippen LogP contribution < -0.4 is 9.64 Å². The minimum atomic E-state index is -0.893. The molecule has 3 aromatic carbocycles. The van der Waals surface area contributed by atoms with Gasteiger partial charge in [-0.15, -0.1) is 0 Å². The van der Waals surface area contributed by atoms with Gasteiger partial charge >= 0.3 is 5.97 Å². The first-order valence-electron chi connectivity index (χ1n) is 11.1. The fourth-order valence-corrected chi connectivity index (χ4v) is 4.07. The van der Waals surface area contributed by atoms with Gasteiger partial charge in [-0.2, -0.15) is 0 Å². The highest BCUT2D eigenvalue weighted by atomic mass is 16.5. The molecule has 1 atom stereocenters. The summed E-state index contributed by atoms with van der Waals surface area (Å²) in [7, 11) is 1.27. The van der Waals surface area contributed by atoms with Crippen molar-refractivity contribution in [2.24, 2.45) is 0 Å². The number of Topliss-reactive ketones (excluding diaryl/α,β-unsaturated/α-hetero) is 1. The first kappa shape index (κ1) is 23.8. The van der Waals surface area contributed by atoms with Gasteiger partial charge in [0.2, 0.25) is 0 Å². The molecular weight excluding hydrogens is 446 g/mol. The number of nitrogens with zero attached hydrogens (tertiary/aromatic N) is 1. The van der Waals surface area contributed by atoms with E-state index in [0.717, 1.165) is 0 Å². The maximum Gasteiger partial charge on any atom is 0.337 e. The van der Waals surface area contributed by atoms with Crippen molar-refractivity contribution in [2.45, 2.75) is 26.0 Å². The lowest BCUT2D eigenvalue weighted by molar-refractivity contribution is -0.132. The van der Waals surface area contributed by atoms with Crippen LogP contribution in [0.3, 0.4) is 0 Å². The number of carbonyl (C=O) groups is 3. The van der Waals surface area contributed by atoms with Crippen molar-refractivity contribution >= 4 is 29.1 Å². The molecular formula is C28H25NO6. The van der Waals surface area contributed by atoms with Crippen molar-refractivity contribution in [3.63, 3.8) is 0 Å². The quantitative estimate of drug-likeness (QED) is 0.238. The fraction of sp³-hybridized carbons (Fsp3) is 0.179. The number of anilines is 1. The number of carbonyl (C=O) groups excluding carboxylic acids is 3. The van der Waals surface area contributed by atoms with E-state index < -0.39 is 23.7 Å². The lowest BCUT2D eigenvalue weighted by atomic mass is 9.95. The summed E-state index contributed by atoms with van der Waals surface area (Å²) in [5.74, 6) is -1.86. The number of hydrogen-bond acceptors (Lipinski definition) is 6. The van der Waals surface area contributed by atoms with Gasteiger partial charge in [0.1, 0.15) is 11.5 Å². The van der Waals surface area contributed by atoms with Crippen molar-refractivity contribution in [2.75, 3.05) is 12.0 Å². The van der Waals surface area contributed by atoms with E-state index in [1.807, 2.05) is 19.9 Å². The molecule has 1 aliphatic rings. The van der Waals surface area contributed by atoms with Gasteiger partial charge in [0, 0.05) is 11.3 Å². The molecule has 0 spiro atoms. The lowest BCUT2D eigenvalue weighted by Gasteiger charge is -2.25. The molecule has 1 unspecified atom stereocenters. The molecule has 1 fully saturated rings. The Hall–Kier alpha value is -4.39. The van der Waals surface area contributed by atoms with Crippen LogP contribution in [0.1, 0.15) is 41.4 Å². The summed E-state index contributed by atoms with van der Waals surface area (Å²) in [6.45, 7) is 3.81. The minimum Gasteiger partial charge on any atom is -0.507 e. The predicted molar refractivity (Wildman–Crippen MR) is 131 cm³/mol. The zero-order valence-corrected chi connectivity index (χ0v) is 19.6. The van der Waals surface area contributed by atoms with E-state index in [9.17, 15) is 19.5 Å². The molecule has 1 aliphatic heterocycles. The highest BCUT2D eigenvalue weighted by molar-refractivity contribution is 6.51. The normalized spacial score (nSPS) is 17.0. The van der Waals surface area contributed by atoms with Gasteiger partial charge in [-0.1, -0.05) is 36.4 Å². The Kier molecular flexibility index (Phi) is 6.68. The topological polar surface area (TPSA) is 93.1 Å². The van der Waals surface area contributed by atoms with Gasteiger partial charge in [0.05, 0.1) is 30.4 Å². The monoisotopic (exact) mass is 471 g/mol. The number of aliphatic hydroxyl groups excluding tert-OH is 1. The molecule has 1 saturated heterocycles. The Bertz CT molecular complexity index is 1290. The van der Waals surface area contributed by atoms with Gasteiger partial charge in [0.15, 0.2) is 0 Å². The number of rotatable bonds is 6. The zero-order valence-electron chi connectivity index (χ0n) is 19.6. The molecule has 1 amide bonds. The van der Waals surface area contributed by atoms with Gasteiger partial charge in [-0.3, -0.25) is 14.5 Å². The average molecular weight is 472 g/mol. The molecule has 4 rings (SSSR count). The Morgan fingerprint density at radius 3 is 2.23 bits per heavy atom. The molecule has 3 aromatic rings. The summed E-state index contributed by atoms with van der Waals surface area (Å²) >= 11 is 0. The van der Waals surface area contributed by atoms with Crippen LogP contribution in [0, 0.1) is 0 Å². The van der Waals surface area contributed by atoms with E-state index in [-0.39, 0.29) is 23.0 Å². The maximum absolute atomic E-state index is 13.3. The fourth-order valence-electron chi connectivity index (χ4n) is 4.07. The maximum atomic E-state index is 13.3. The third-order valence-corrected chi connectivity index (χ3v) is 5.60. The van der Waals surface area contributed by atoms with Crippen molar-refractivity contribution in [3.05, 3.63) is 101 Å². The molecule has 0 radical (unpaired) electrons. The van der Waals surface area contributed by atoms with Crippen LogP contribution in [0.4, 0.5) is 5.69 Å². The molecule has 1 N–H and O–H groups in total. The number of hydrogen-bond donors (Lipinski definition) is 1. The predicted octanol–water partition coefficient (Wildman–Crippen LogP) is 4.89. The molecule has 1 heterocycles. The summed E-state index contributed by atoms with van der Waals surface area (Å²) in [4.78, 5) is 39.9. The third kappa shape index (κ3) is 4.66. The van der Waals surface area contributed by atoms with Gasteiger partial charge < -0.3 is 14.6 Å². The first-order chi connectivity index (χ1) is 16.8. The van der Waals surface area contributed by atoms with E-state index in [0.29, 0.717) is 22.6 Å². The van der Waals surface area contributed by atoms with Crippen LogP contribution in [0.25, 0.3) is 5.76 Å². The van der Waals surface area contributed by atoms with Crippen molar-refractivity contribution < 1.29 is 29.0 Å². The van der Waals surface area contributed by atoms with Crippen molar-refractivity contribution in [3.8, 4) is 5.75 Å². The van der Waals surface area contributed by atoms with Crippen molar-refractivity contribution in [1.82, 2.24) is 0 Å². The Balaban J connectivity index is 1.85. The van der Waals surface area contributed by atoms with Crippen LogP contribution in [-0.2, 0) is 14.3 Å². The third-order valence-electron chi connectivity index (χ3n) is 5.60. The van der Waals surface area contributed by atoms with Crippen LogP contribution in [-0.4, -0.2) is 36.0 Å². The number of ketones is 1. The van der Waals surface area contributed by atoms with Gasteiger partial charge in [-0.25, -0.2) is 4.79 Å². The van der Waals surface area contributed by atoms with Crippen LogP contribution in [0.5, 0.6) is 5.75 Å². The van der Waals surface area contributed by atoms with Crippen LogP contribution >= 0.6 is 0 Å². The number of esters is 1. The molecule has 0 saturated carbocycles. The Labute approximate surface area is 203 Å². The Morgan fingerprint density at radius 1 is 0.914 bits per heavy atom. The largest absolute Gasteiger partial charge is 0.507 e. The molecule has 0 aromatic heterocycles. The molecule has 7 nitrogen and oxygen atoms in total. The number of methoxy groups -OCH3 is 1. The second kappa shape index (κ2) is 9.85. The number of amides is 1. The molecule has 0 bridgehead atoms. The number of benzene rings is 3.